The smallest absolute Gasteiger partial charge is 0.194 e. The molecule has 3 aliphatic rings. The summed E-state index contributed by atoms with van der Waals surface area (Å²) in [7, 11) is 0. The Balaban J connectivity index is 1.27. The number of aromatic nitrogens is 3. The van der Waals surface area contributed by atoms with Gasteiger partial charge in [-0.1, -0.05) is 0 Å². The molecule has 4 heterocycles. The summed E-state index contributed by atoms with van der Waals surface area (Å²) in [5, 5.41) is 12.2. The fraction of sp³-hybridized carbons (Fsp3) is 0.857. The summed E-state index contributed by atoms with van der Waals surface area (Å²) in [4.78, 5) is 7.23. The number of rotatable bonds is 6. The lowest BCUT2D eigenvalue weighted by Crippen LogP contribution is -2.47. The van der Waals surface area contributed by atoms with E-state index >= 15 is 0 Å². The van der Waals surface area contributed by atoms with Crippen molar-refractivity contribution in [2.24, 2.45) is 4.99 Å². The Hall–Kier alpha value is -1.67. The van der Waals surface area contributed by atoms with Crippen molar-refractivity contribution >= 4 is 5.96 Å². The fourth-order valence-electron chi connectivity index (χ4n) is 4.47. The van der Waals surface area contributed by atoms with Gasteiger partial charge in [0.15, 0.2) is 11.8 Å². The van der Waals surface area contributed by atoms with E-state index in [1.54, 1.807) is 0 Å². The van der Waals surface area contributed by atoms with E-state index in [-0.39, 0.29) is 0 Å². The quantitative estimate of drug-likeness (QED) is 0.578. The predicted molar refractivity (Wildman–Crippen MR) is 112 cm³/mol. The highest BCUT2D eigenvalue weighted by Gasteiger charge is 2.24. The van der Waals surface area contributed by atoms with Crippen LogP contribution >= 0.6 is 0 Å². The first-order valence-corrected chi connectivity index (χ1v) is 11.5. The maximum absolute atomic E-state index is 6.16. The third kappa shape index (κ3) is 5.48. The van der Waals surface area contributed by atoms with Gasteiger partial charge in [-0.25, -0.2) is 4.99 Å². The average molecular weight is 405 g/mol. The SMILES string of the molecule is CCNC(=NCc1nnc2n1CCCC2)N1CCC(OCC2CCCCO2)CC1. The summed E-state index contributed by atoms with van der Waals surface area (Å²) in [5.41, 5.74) is 0. The number of ether oxygens (including phenoxy) is 2. The Morgan fingerprint density at radius 2 is 2.03 bits per heavy atom. The summed E-state index contributed by atoms with van der Waals surface area (Å²) < 4.78 is 14.2. The second kappa shape index (κ2) is 10.4. The molecule has 0 amide bonds. The van der Waals surface area contributed by atoms with Crippen molar-refractivity contribution in [1.82, 2.24) is 25.0 Å². The van der Waals surface area contributed by atoms with Crippen LogP contribution in [0.4, 0.5) is 0 Å². The first-order chi connectivity index (χ1) is 14.3. The van der Waals surface area contributed by atoms with Gasteiger partial charge in [0.25, 0.3) is 0 Å². The molecule has 4 rings (SSSR count). The zero-order chi connectivity index (χ0) is 19.9. The highest BCUT2D eigenvalue weighted by Crippen LogP contribution is 2.19. The number of piperidine rings is 1. The largest absolute Gasteiger partial charge is 0.376 e. The van der Waals surface area contributed by atoms with Gasteiger partial charge in [0.2, 0.25) is 0 Å². The lowest BCUT2D eigenvalue weighted by molar-refractivity contribution is -0.0721. The molecule has 1 aromatic heterocycles. The van der Waals surface area contributed by atoms with Gasteiger partial charge >= 0.3 is 0 Å². The van der Waals surface area contributed by atoms with Gasteiger partial charge in [-0.05, 0) is 51.9 Å². The van der Waals surface area contributed by atoms with Crippen molar-refractivity contribution in [2.75, 3.05) is 32.8 Å². The van der Waals surface area contributed by atoms with Crippen LogP contribution in [0.2, 0.25) is 0 Å². The topological polar surface area (TPSA) is 76.8 Å². The Morgan fingerprint density at radius 1 is 1.14 bits per heavy atom. The molecule has 0 saturated carbocycles. The molecule has 8 nitrogen and oxygen atoms in total. The van der Waals surface area contributed by atoms with Crippen molar-refractivity contribution in [2.45, 2.75) is 83.6 Å². The minimum absolute atomic E-state index is 0.301. The van der Waals surface area contributed by atoms with Gasteiger partial charge in [-0.15, -0.1) is 10.2 Å². The summed E-state index contributed by atoms with van der Waals surface area (Å²) in [6, 6.07) is 0. The molecule has 0 aromatic carbocycles. The van der Waals surface area contributed by atoms with Gasteiger partial charge in [-0.2, -0.15) is 0 Å². The number of aliphatic imine (C=N–C) groups is 1. The molecular weight excluding hydrogens is 368 g/mol. The average Bonchev–Trinajstić information content (AvgIpc) is 3.19. The van der Waals surface area contributed by atoms with Crippen LogP contribution in [0, 0.1) is 0 Å². The van der Waals surface area contributed by atoms with Gasteiger partial charge in [0.05, 0.1) is 18.8 Å². The molecule has 1 unspecified atom stereocenters. The number of nitrogens with zero attached hydrogens (tertiary/aromatic N) is 5. The molecule has 1 atom stereocenters. The van der Waals surface area contributed by atoms with E-state index in [1.165, 1.54) is 25.7 Å². The molecular formula is C21H36N6O2. The highest BCUT2D eigenvalue weighted by atomic mass is 16.5. The minimum Gasteiger partial charge on any atom is -0.376 e. The van der Waals surface area contributed by atoms with E-state index in [0.717, 1.165) is 82.7 Å². The standard InChI is InChI=1S/C21H36N6O2/c1-2-22-21(23-15-20-25-24-19-8-3-5-11-27(19)20)26-12-9-17(10-13-26)29-16-18-7-4-6-14-28-18/h17-18H,2-16H2,1H3,(H,22,23). The van der Waals surface area contributed by atoms with Gasteiger partial charge in [0, 0.05) is 39.2 Å². The van der Waals surface area contributed by atoms with Crippen LogP contribution < -0.4 is 5.32 Å². The predicted octanol–water partition coefficient (Wildman–Crippen LogP) is 2.13. The van der Waals surface area contributed by atoms with Crippen molar-refractivity contribution in [3.05, 3.63) is 11.6 Å². The number of fused-ring (bicyclic) bond motifs is 1. The molecule has 3 aliphatic heterocycles. The van der Waals surface area contributed by atoms with Crippen LogP contribution in [0.15, 0.2) is 4.99 Å². The number of hydrogen-bond acceptors (Lipinski definition) is 5. The molecule has 1 N–H and O–H groups in total. The normalized spacial score (nSPS) is 23.8. The molecule has 2 fully saturated rings. The maximum atomic E-state index is 6.16. The zero-order valence-electron chi connectivity index (χ0n) is 17.8. The number of aryl methyl sites for hydroxylation is 1. The molecule has 1 aromatic rings. The van der Waals surface area contributed by atoms with E-state index < -0.39 is 0 Å². The van der Waals surface area contributed by atoms with Crippen molar-refractivity contribution in [3.63, 3.8) is 0 Å². The molecule has 0 spiro atoms. The number of hydrogen-bond donors (Lipinski definition) is 1. The summed E-state index contributed by atoms with van der Waals surface area (Å²) in [6.07, 6.45) is 9.78. The maximum Gasteiger partial charge on any atom is 0.194 e. The molecule has 162 valence electrons. The van der Waals surface area contributed by atoms with Gasteiger partial charge < -0.3 is 24.3 Å². The Bertz CT molecular complexity index is 662. The van der Waals surface area contributed by atoms with E-state index in [0.29, 0.717) is 18.8 Å². The van der Waals surface area contributed by atoms with Crippen LogP contribution in [0.1, 0.15) is 63.5 Å². The van der Waals surface area contributed by atoms with Crippen LogP contribution in [-0.2, 0) is 29.0 Å². The molecule has 0 aliphatic carbocycles. The van der Waals surface area contributed by atoms with E-state index in [9.17, 15) is 0 Å². The van der Waals surface area contributed by atoms with Crippen LogP contribution in [0.5, 0.6) is 0 Å². The first-order valence-electron chi connectivity index (χ1n) is 11.5. The van der Waals surface area contributed by atoms with E-state index in [4.69, 9.17) is 14.5 Å². The summed E-state index contributed by atoms with van der Waals surface area (Å²) in [5.74, 6) is 3.09. The number of guanidine groups is 1. The summed E-state index contributed by atoms with van der Waals surface area (Å²) in [6.45, 7) is 8.18. The third-order valence-electron chi connectivity index (χ3n) is 6.17. The Kier molecular flexibility index (Phi) is 7.38. The van der Waals surface area contributed by atoms with Gasteiger partial charge in [0.1, 0.15) is 12.4 Å². The van der Waals surface area contributed by atoms with Gasteiger partial charge in [-0.3, -0.25) is 0 Å². The monoisotopic (exact) mass is 404 g/mol. The van der Waals surface area contributed by atoms with Crippen molar-refractivity contribution < 1.29 is 9.47 Å². The molecule has 2 saturated heterocycles. The van der Waals surface area contributed by atoms with Crippen molar-refractivity contribution in [3.8, 4) is 0 Å². The summed E-state index contributed by atoms with van der Waals surface area (Å²) >= 11 is 0. The molecule has 8 heteroatoms. The van der Waals surface area contributed by atoms with E-state index in [2.05, 4.69) is 31.9 Å². The number of nitrogens with one attached hydrogen (secondary N) is 1. The second-order valence-electron chi connectivity index (χ2n) is 8.32. The fourth-order valence-corrected chi connectivity index (χ4v) is 4.47. The van der Waals surface area contributed by atoms with Crippen LogP contribution in [0.3, 0.4) is 0 Å². The van der Waals surface area contributed by atoms with E-state index in [1.807, 2.05) is 0 Å². The second-order valence-corrected chi connectivity index (χ2v) is 8.32. The molecule has 29 heavy (non-hydrogen) atoms. The molecule has 0 bridgehead atoms. The lowest BCUT2D eigenvalue weighted by atomic mass is 10.1. The molecule has 0 radical (unpaired) electrons. The highest BCUT2D eigenvalue weighted by molar-refractivity contribution is 5.80. The number of likely N-dealkylation sites (tertiary alicyclic amines) is 1. The van der Waals surface area contributed by atoms with Crippen LogP contribution in [0.25, 0.3) is 0 Å². The first kappa shape index (κ1) is 20.6. The lowest BCUT2D eigenvalue weighted by Gasteiger charge is -2.35. The van der Waals surface area contributed by atoms with Crippen LogP contribution in [-0.4, -0.2) is 70.7 Å². The zero-order valence-corrected chi connectivity index (χ0v) is 17.8. The van der Waals surface area contributed by atoms with Crippen molar-refractivity contribution in [1.29, 1.82) is 0 Å². The Morgan fingerprint density at radius 3 is 2.83 bits per heavy atom. The Labute approximate surface area is 174 Å². The third-order valence-corrected chi connectivity index (χ3v) is 6.17. The minimum atomic E-state index is 0.301.